The van der Waals surface area contributed by atoms with Gasteiger partial charge in [-0.15, -0.1) is 0 Å². The molecule has 0 fully saturated rings. The molecule has 0 spiro atoms. The molecule has 0 unspecified atom stereocenters. The molecule has 2 aromatic rings. The van der Waals surface area contributed by atoms with Crippen molar-refractivity contribution in [2.75, 3.05) is 24.7 Å². The molecule has 25 heavy (non-hydrogen) atoms. The zero-order valence-corrected chi connectivity index (χ0v) is 14.6. The summed E-state index contributed by atoms with van der Waals surface area (Å²) >= 11 is 0. The molecule has 0 atom stereocenters. The maximum atomic E-state index is 12.2. The highest BCUT2D eigenvalue weighted by molar-refractivity contribution is 5.95. The molecule has 0 aromatic heterocycles. The summed E-state index contributed by atoms with van der Waals surface area (Å²) in [7, 11) is 0. The van der Waals surface area contributed by atoms with E-state index in [0.29, 0.717) is 12.3 Å². The number of ether oxygens (including phenoxy) is 2. The van der Waals surface area contributed by atoms with Gasteiger partial charge < -0.3 is 14.4 Å². The first kappa shape index (κ1) is 18.5. The fraction of sp³-hybridized carbons (Fsp3) is 0.300. The molecule has 2 aromatic carbocycles. The van der Waals surface area contributed by atoms with E-state index >= 15 is 0 Å². The van der Waals surface area contributed by atoms with Crippen LogP contribution in [0.4, 0.5) is 5.69 Å². The normalized spacial score (nSPS) is 10.2. The molecular formula is C20H23NO4. The fourth-order valence-electron chi connectivity index (χ4n) is 2.29. The van der Waals surface area contributed by atoms with E-state index in [-0.39, 0.29) is 25.5 Å². The van der Waals surface area contributed by atoms with Gasteiger partial charge in [-0.25, -0.2) is 0 Å². The van der Waals surface area contributed by atoms with Crippen molar-refractivity contribution in [2.24, 2.45) is 0 Å². The third-order valence-electron chi connectivity index (χ3n) is 3.64. The molecular weight excluding hydrogens is 318 g/mol. The first-order chi connectivity index (χ1) is 12.1. The van der Waals surface area contributed by atoms with E-state index in [1.165, 1.54) is 0 Å². The van der Waals surface area contributed by atoms with Crippen molar-refractivity contribution >= 4 is 17.6 Å². The molecule has 5 nitrogen and oxygen atoms in total. The Morgan fingerprint density at radius 3 is 2.32 bits per heavy atom. The molecule has 2 rings (SSSR count). The first-order valence-corrected chi connectivity index (χ1v) is 8.30. The van der Waals surface area contributed by atoms with Gasteiger partial charge in [0.2, 0.25) is 0 Å². The van der Waals surface area contributed by atoms with Crippen LogP contribution in [-0.2, 0) is 14.3 Å². The Bertz CT molecular complexity index is 683. The number of carbonyl (C=O) groups excluding carboxylic acids is 2. The molecule has 0 N–H and O–H groups in total. The Hall–Kier alpha value is -2.82. The molecule has 1 amide bonds. The highest BCUT2D eigenvalue weighted by atomic mass is 16.5. The lowest BCUT2D eigenvalue weighted by atomic mass is 10.2. The molecule has 0 radical (unpaired) electrons. The summed E-state index contributed by atoms with van der Waals surface area (Å²) < 4.78 is 10.5. The average Bonchev–Trinajstić information content (AvgIpc) is 2.63. The number of para-hydroxylation sites is 1. The summed E-state index contributed by atoms with van der Waals surface area (Å²) in [6.45, 7) is 4.32. The number of carbonyl (C=O) groups is 2. The van der Waals surface area contributed by atoms with E-state index in [4.69, 9.17) is 9.47 Å². The highest BCUT2D eigenvalue weighted by Gasteiger charge is 2.15. The molecule has 0 saturated heterocycles. The van der Waals surface area contributed by atoms with Crippen molar-refractivity contribution in [3.63, 3.8) is 0 Å². The lowest BCUT2D eigenvalue weighted by molar-refractivity contribution is -0.148. The minimum Gasteiger partial charge on any atom is -0.493 e. The largest absolute Gasteiger partial charge is 0.493 e. The van der Waals surface area contributed by atoms with Crippen LogP contribution in [0.2, 0.25) is 0 Å². The van der Waals surface area contributed by atoms with Crippen LogP contribution in [-0.4, -0.2) is 31.6 Å². The van der Waals surface area contributed by atoms with E-state index in [1.807, 2.05) is 68.4 Å². The number of rotatable bonds is 8. The van der Waals surface area contributed by atoms with Gasteiger partial charge in [-0.3, -0.25) is 9.59 Å². The summed E-state index contributed by atoms with van der Waals surface area (Å²) in [5.74, 6) is 0.00166. The summed E-state index contributed by atoms with van der Waals surface area (Å²) in [6, 6.07) is 16.9. The van der Waals surface area contributed by atoms with Crippen LogP contribution in [0.1, 0.15) is 18.9 Å². The number of anilines is 1. The number of amides is 1. The standard InChI is InChI=1S/C20H23NO4/c1-3-21(17-7-5-4-6-8-17)19(22)15-25-20(23)13-14-24-18-11-9-16(2)10-12-18/h4-12H,3,13-15H2,1-2H3. The van der Waals surface area contributed by atoms with Gasteiger partial charge in [-0.05, 0) is 38.1 Å². The van der Waals surface area contributed by atoms with Crippen molar-refractivity contribution < 1.29 is 19.1 Å². The minimum absolute atomic E-state index is 0.0959. The Morgan fingerprint density at radius 2 is 1.68 bits per heavy atom. The second kappa shape index (κ2) is 9.47. The van der Waals surface area contributed by atoms with E-state index < -0.39 is 5.97 Å². The third-order valence-corrected chi connectivity index (χ3v) is 3.64. The third kappa shape index (κ3) is 5.95. The fourth-order valence-corrected chi connectivity index (χ4v) is 2.29. The zero-order valence-electron chi connectivity index (χ0n) is 14.6. The molecule has 0 saturated carbocycles. The van der Waals surface area contributed by atoms with Gasteiger partial charge in [0.25, 0.3) is 5.91 Å². The van der Waals surface area contributed by atoms with Crippen LogP contribution in [0.25, 0.3) is 0 Å². The van der Waals surface area contributed by atoms with Gasteiger partial charge >= 0.3 is 5.97 Å². The summed E-state index contributed by atoms with van der Waals surface area (Å²) in [4.78, 5) is 25.6. The van der Waals surface area contributed by atoms with Crippen LogP contribution in [0.15, 0.2) is 54.6 Å². The Labute approximate surface area is 148 Å². The van der Waals surface area contributed by atoms with Crippen molar-refractivity contribution in [1.29, 1.82) is 0 Å². The van der Waals surface area contributed by atoms with Crippen molar-refractivity contribution in [1.82, 2.24) is 0 Å². The second-order valence-corrected chi connectivity index (χ2v) is 5.55. The number of nitrogens with zero attached hydrogens (tertiary/aromatic N) is 1. The van der Waals surface area contributed by atoms with Crippen molar-refractivity contribution in [3.05, 3.63) is 60.2 Å². The summed E-state index contributed by atoms with van der Waals surface area (Å²) in [6.07, 6.45) is 0.0959. The lowest BCUT2D eigenvalue weighted by Gasteiger charge is -2.20. The summed E-state index contributed by atoms with van der Waals surface area (Å²) in [5.41, 5.74) is 1.93. The number of likely N-dealkylation sites (N-methyl/N-ethyl adjacent to an activating group) is 1. The van der Waals surface area contributed by atoms with Gasteiger partial charge in [0.15, 0.2) is 6.61 Å². The molecule has 132 valence electrons. The average molecular weight is 341 g/mol. The topological polar surface area (TPSA) is 55.8 Å². The van der Waals surface area contributed by atoms with E-state index in [1.54, 1.807) is 4.90 Å². The molecule has 0 bridgehead atoms. The molecule has 0 aliphatic carbocycles. The monoisotopic (exact) mass is 341 g/mol. The van der Waals surface area contributed by atoms with Gasteiger partial charge in [-0.2, -0.15) is 0 Å². The Morgan fingerprint density at radius 1 is 1.00 bits per heavy atom. The molecule has 5 heteroatoms. The predicted molar refractivity (Wildman–Crippen MR) is 96.7 cm³/mol. The van der Waals surface area contributed by atoms with Crippen LogP contribution in [0, 0.1) is 6.92 Å². The molecule has 0 aliphatic rings. The highest BCUT2D eigenvalue weighted by Crippen LogP contribution is 2.13. The maximum absolute atomic E-state index is 12.2. The van der Waals surface area contributed by atoms with Gasteiger partial charge in [0.1, 0.15) is 5.75 Å². The molecule has 0 heterocycles. The number of hydrogen-bond donors (Lipinski definition) is 0. The first-order valence-electron chi connectivity index (χ1n) is 8.30. The number of esters is 1. The lowest BCUT2D eigenvalue weighted by Crippen LogP contribution is -2.34. The number of aryl methyl sites for hydroxylation is 1. The van der Waals surface area contributed by atoms with Gasteiger partial charge in [-0.1, -0.05) is 35.9 Å². The van der Waals surface area contributed by atoms with Crippen LogP contribution >= 0.6 is 0 Å². The van der Waals surface area contributed by atoms with Crippen molar-refractivity contribution in [3.8, 4) is 5.75 Å². The number of hydrogen-bond acceptors (Lipinski definition) is 4. The second-order valence-electron chi connectivity index (χ2n) is 5.55. The van der Waals surface area contributed by atoms with E-state index in [9.17, 15) is 9.59 Å². The van der Waals surface area contributed by atoms with Gasteiger partial charge in [0, 0.05) is 12.2 Å². The minimum atomic E-state index is -0.454. The Balaban J connectivity index is 1.73. The van der Waals surface area contributed by atoms with Crippen LogP contribution < -0.4 is 9.64 Å². The summed E-state index contributed by atoms with van der Waals surface area (Å²) in [5, 5.41) is 0. The smallest absolute Gasteiger partial charge is 0.309 e. The van der Waals surface area contributed by atoms with E-state index in [0.717, 1.165) is 11.3 Å². The van der Waals surface area contributed by atoms with Crippen LogP contribution in [0.5, 0.6) is 5.75 Å². The molecule has 0 aliphatic heterocycles. The number of benzene rings is 2. The quantitative estimate of drug-likeness (QED) is 0.691. The Kier molecular flexibility index (Phi) is 7.01. The van der Waals surface area contributed by atoms with Crippen LogP contribution in [0.3, 0.4) is 0 Å². The maximum Gasteiger partial charge on any atom is 0.309 e. The van der Waals surface area contributed by atoms with E-state index in [2.05, 4.69) is 0 Å². The van der Waals surface area contributed by atoms with Crippen molar-refractivity contribution in [2.45, 2.75) is 20.3 Å². The zero-order chi connectivity index (χ0) is 18.1. The predicted octanol–water partition coefficient (Wildman–Crippen LogP) is 3.36. The van der Waals surface area contributed by atoms with Gasteiger partial charge in [0.05, 0.1) is 13.0 Å². The SMILES string of the molecule is CCN(C(=O)COC(=O)CCOc1ccc(C)cc1)c1ccccc1.